The normalized spacial score (nSPS) is 19.1. The molecule has 0 bridgehead atoms. The van der Waals surface area contributed by atoms with Crippen molar-refractivity contribution in [2.75, 3.05) is 20.1 Å². The molecule has 1 fully saturated rings. The van der Waals surface area contributed by atoms with E-state index >= 15 is 0 Å². The highest BCUT2D eigenvalue weighted by molar-refractivity contribution is 7.89. The molecule has 1 amide bonds. The summed E-state index contributed by atoms with van der Waals surface area (Å²) in [6, 6.07) is 4.81. The number of hydrogen-bond donors (Lipinski definition) is 0. The predicted molar refractivity (Wildman–Crippen MR) is 85.9 cm³/mol. The molecule has 0 N–H and O–H groups in total. The van der Waals surface area contributed by atoms with E-state index in [2.05, 4.69) is 0 Å². The lowest BCUT2D eigenvalue weighted by atomic mass is 10.00. The molecule has 0 aliphatic carbocycles. The van der Waals surface area contributed by atoms with E-state index < -0.39 is 15.8 Å². The molecular weight excluding hydrogens is 319 g/mol. The van der Waals surface area contributed by atoms with E-state index in [0.717, 1.165) is 42.1 Å². The molecular formula is C16H23FN2O3S. The molecule has 1 saturated heterocycles. The van der Waals surface area contributed by atoms with Crippen LogP contribution in [0.5, 0.6) is 0 Å². The number of sulfonamides is 1. The van der Waals surface area contributed by atoms with Gasteiger partial charge in [-0.3, -0.25) is 4.79 Å². The lowest BCUT2D eigenvalue weighted by Gasteiger charge is -2.36. The highest BCUT2D eigenvalue weighted by atomic mass is 32.2. The average molecular weight is 342 g/mol. The van der Waals surface area contributed by atoms with Crippen molar-refractivity contribution in [2.24, 2.45) is 0 Å². The van der Waals surface area contributed by atoms with Gasteiger partial charge in [0.15, 0.2) is 0 Å². The van der Waals surface area contributed by atoms with Gasteiger partial charge in [0.1, 0.15) is 5.82 Å². The van der Waals surface area contributed by atoms with E-state index in [9.17, 15) is 17.6 Å². The molecule has 0 spiro atoms. The number of piperidine rings is 1. The van der Waals surface area contributed by atoms with Gasteiger partial charge in [0.2, 0.25) is 15.9 Å². The number of rotatable bonds is 5. The maximum absolute atomic E-state index is 12.9. The summed E-state index contributed by atoms with van der Waals surface area (Å²) in [5.41, 5.74) is 0. The van der Waals surface area contributed by atoms with E-state index in [1.54, 1.807) is 4.90 Å². The lowest BCUT2D eigenvalue weighted by Crippen LogP contribution is -2.48. The third-order valence-electron chi connectivity index (χ3n) is 4.30. The van der Waals surface area contributed by atoms with Gasteiger partial charge in [-0.05, 0) is 49.9 Å². The molecule has 1 aromatic carbocycles. The minimum Gasteiger partial charge on any atom is -0.339 e. The van der Waals surface area contributed by atoms with Crippen LogP contribution in [0.2, 0.25) is 0 Å². The molecule has 0 radical (unpaired) electrons. The van der Waals surface area contributed by atoms with Crippen LogP contribution in [0.15, 0.2) is 29.2 Å². The van der Waals surface area contributed by atoms with Crippen LogP contribution in [0.4, 0.5) is 4.39 Å². The predicted octanol–water partition coefficient (Wildman–Crippen LogP) is 2.24. The van der Waals surface area contributed by atoms with Gasteiger partial charge < -0.3 is 4.90 Å². The molecule has 1 unspecified atom stereocenters. The van der Waals surface area contributed by atoms with Gasteiger partial charge in [0.05, 0.1) is 11.4 Å². The number of hydrogen-bond acceptors (Lipinski definition) is 3. The van der Waals surface area contributed by atoms with Crippen molar-refractivity contribution >= 4 is 15.9 Å². The number of nitrogens with zero attached hydrogens (tertiary/aromatic N) is 2. The van der Waals surface area contributed by atoms with E-state index in [-0.39, 0.29) is 23.4 Å². The Labute approximate surface area is 137 Å². The third kappa shape index (κ3) is 4.09. The Kier molecular flexibility index (Phi) is 5.75. The van der Waals surface area contributed by atoms with Crippen LogP contribution >= 0.6 is 0 Å². The Morgan fingerprint density at radius 1 is 1.30 bits per heavy atom. The highest BCUT2D eigenvalue weighted by Crippen LogP contribution is 2.21. The van der Waals surface area contributed by atoms with Gasteiger partial charge in [0, 0.05) is 19.6 Å². The zero-order valence-electron chi connectivity index (χ0n) is 13.5. The summed E-state index contributed by atoms with van der Waals surface area (Å²) in [5.74, 6) is -0.675. The number of halogens is 1. The van der Waals surface area contributed by atoms with Crippen LogP contribution < -0.4 is 0 Å². The highest BCUT2D eigenvalue weighted by Gasteiger charge is 2.29. The maximum Gasteiger partial charge on any atom is 0.243 e. The smallest absolute Gasteiger partial charge is 0.243 e. The number of carbonyl (C=O) groups excluding carboxylic acids is 1. The summed E-state index contributed by atoms with van der Waals surface area (Å²) in [6.07, 6.45) is 3.90. The summed E-state index contributed by atoms with van der Waals surface area (Å²) >= 11 is 0. The largest absolute Gasteiger partial charge is 0.339 e. The summed E-state index contributed by atoms with van der Waals surface area (Å²) in [7, 11) is -2.42. The molecule has 7 heteroatoms. The summed E-state index contributed by atoms with van der Waals surface area (Å²) < 4.78 is 38.9. The van der Waals surface area contributed by atoms with Crippen LogP contribution in [0.25, 0.3) is 0 Å². The van der Waals surface area contributed by atoms with Gasteiger partial charge in [0.25, 0.3) is 0 Å². The number of likely N-dealkylation sites (tertiary alicyclic amines) is 1. The SMILES string of the molecule is CCC1CCCCN1C(=O)CN(C)S(=O)(=O)c1ccc(F)cc1. The van der Waals surface area contributed by atoms with Crippen molar-refractivity contribution in [2.45, 2.75) is 43.5 Å². The fraction of sp³-hybridized carbons (Fsp3) is 0.562. The van der Waals surface area contributed by atoms with E-state index in [0.29, 0.717) is 6.54 Å². The van der Waals surface area contributed by atoms with Crippen molar-refractivity contribution in [1.29, 1.82) is 0 Å². The van der Waals surface area contributed by atoms with Crippen LogP contribution in [-0.4, -0.2) is 49.7 Å². The van der Waals surface area contributed by atoms with Crippen LogP contribution in [0.3, 0.4) is 0 Å². The molecule has 1 aromatic rings. The molecule has 1 atom stereocenters. The molecule has 0 saturated carbocycles. The van der Waals surface area contributed by atoms with Gasteiger partial charge >= 0.3 is 0 Å². The number of likely N-dealkylation sites (N-methyl/N-ethyl adjacent to an activating group) is 1. The van der Waals surface area contributed by atoms with Crippen LogP contribution in [0, 0.1) is 5.82 Å². The lowest BCUT2D eigenvalue weighted by molar-refractivity contribution is -0.134. The number of benzene rings is 1. The van der Waals surface area contributed by atoms with Crippen molar-refractivity contribution in [3.8, 4) is 0 Å². The van der Waals surface area contributed by atoms with Crippen LogP contribution in [-0.2, 0) is 14.8 Å². The molecule has 1 aliphatic heterocycles. The van der Waals surface area contributed by atoms with Gasteiger partial charge in [-0.15, -0.1) is 0 Å². The van der Waals surface area contributed by atoms with Crippen molar-refractivity contribution in [3.63, 3.8) is 0 Å². The van der Waals surface area contributed by atoms with Gasteiger partial charge in [-0.25, -0.2) is 12.8 Å². The Balaban J connectivity index is 2.09. The fourth-order valence-corrected chi connectivity index (χ4v) is 4.03. The van der Waals surface area contributed by atoms with Gasteiger partial charge in [-0.1, -0.05) is 6.92 Å². The number of amides is 1. The monoisotopic (exact) mass is 342 g/mol. The maximum atomic E-state index is 12.9. The molecule has 2 rings (SSSR count). The molecule has 1 aliphatic rings. The Morgan fingerprint density at radius 3 is 2.57 bits per heavy atom. The van der Waals surface area contributed by atoms with E-state index in [4.69, 9.17) is 0 Å². The van der Waals surface area contributed by atoms with Crippen molar-refractivity contribution in [3.05, 3.63) is 30.1 Å². The first kappa shape index (κ1) is 17.9. The van der Waals surface area contributed by atoms with Crippen molar-refractivity contribution < 1.29 is 17.6 Å². The second kappa shape index (κ2) is 7.40. The first-order valence-corrected chi connectivity index (χ1v) is 9.31. The third-order valence-corrected chi connectivity index (χ3v) is 6.12. The van der Waals surface area contributed by atoms with Gasteiger partial charge in [-0.2, -0.15) is 4.31 Å². The summed E-state index contributed by atoms with van der Waals surface area (Å²) in [4.78, 5) is 14.2. The quantitative estimate of drug-likeness (QED) is 0.824. The molecule has 128 valence electrons. The van der Waals surface area contributed by atoms with Crippen LogP contribution in [0.1, 0.15) is 32.6 Å². The molecule has 23 heavy (non-hydrogen) atoms. The summed E-state index contributed by atoms with van der Waals surface area (Å²) in [5, 5.41) is 0. The second-order valence-corrected chi connectivity index (χ2v) is 7.90. The van der Waals surface area contributed by atoms with E-state index in [1.807, 2.05) is 6.92 Å². The Morgan fingerprint density at radius 2 is 1.96 bits per heavy atom. The first-order valence-electron chi connectivity index (χ1n) is 7.87. The Hall–Kier alpha value is -1.47. The fourth-order valence-electron chi connectivity index (χ4n) is 2.91. The average Bonchev–Trinajstić information content (AvgIpc) is 2.55. The summed E-state index contributed by atoms with van der Waals surface area (Å²) in [6.45, 7) is 2.52. The standard InChI is InChI=1S/C16H23FN2O3S/c1-3-14-6-4-5-11-19(14)16(20)12-18(2)23(21,22)15-9-7-13(17)8-10-15/h7-10,14H,3-6,11-12H2,1-2H3. The van der Waals surface area contributed by atoms with Crippen molar-refractivity contribution in [1.82, 2.24) is 9.21 Å². The Bertz CT molecular complexity index is 646. The second-order valence-electron chi connectivity index (χ2n) is 5.86. The topological polar surface area (TPSA) is 57.7 Å². The minimum absolute atomic E-state index is 0.0140. The molecule has 0 aromatic heterocycles. The first-order chi connectivity index (χ1) is 10.9. The zero-order valence-corrected chi connectivity index (χ0v) is 14.4. The number of carbonyl (C=O) groups is 1. The minimum atomic E-state index is -3.79. The van der Waals surface area contributed by atoms with E-state index in [1.165, 1.54) is 19.2 Å². The molecule has 1 heterocycles. The molecule has 5 nitrogen and oxygen atoms in total. The zero-order chi connectivity index (χ0) is 17.0.